The lowest BCUT2D eigenvalue weighted by Crippen LogP contribution is -2.04. The van der Waals surface area contributed by atoms with Crippen molar-refractivity contribution in [3.63, 3.8) is 0 Å². The molecule has 0 aromatic heterocycles. The minimum atomic E-state index is 0.977. The van der Waals surface area contributed by atoms with Gasteiger partial charge in [-0.25, -0.2) is 0 Å². The first-order valence-corrected chi connectivity index (χ1v) is 13.5. The molecule has 0 aliphatic carbocycles. The maximum absolute atomic E-state index is 6.34. The van der Waals surface area contributed by atoms with Crippen LogP contribution in [0.15, 0.2) is 36.4 Å². The molecule has 3 rings (SSSR count). The number of benzene rings is 2. The first-order valence-electron chi connectivity index (χ1n) is 13.5. The Kier molecular flexibility index (Phi) is 11.0. The van der Waals surface area contributed by atoms with E-state index in [0.717, 1.165) is 35.7 Å². The van der Waals surface area contributed by atoms with Crippen LogP contribution >= 0.6 is 0 Å². The molecule has 32 heavy (non-hydrogen) atoms. The molecule has 1 N–H and O–H groups in total. The molecule has 2 aromatic rings. The monoisotopic (exact) mass is 435 g/mol. The molecule has 0 bridgehead atoms. The number of unbranched alkanes of at least 4 members (excludes halogenated alkanes) is 12. The fourth-order valence-corrected chi connectivity index (χ4v) is 4.66. The van der Waals surface area contributed by atoms with Gasteiger partial charge in [0.05, 0.1) is 11.4 Å². The summed E-state index contributed by atoms with van der Waals surface area (Å²) in [6, 6.07) is 13.4. The predicted octanol–water partition coefficient (Wildman–Crippen LogP) is 10.1. The van der Waals surface area contributed by atoms with Crippen LogP contribution in [0.1, 0.15) is 115 Å². The van der Waals surface area contributed by atoms with Gasteiger partial charge in [-0.1, -0.05) is 103 Å². The predicted molar refractivity (Wildman–Crippen MR) is 140 cm³/mol. The molecule has 0 fully saturated rings. The van der Waals surface area contributed by atoms with Crippen molar-refractivity contribution in [2.45, 2.75) is 117 Å². The second kappa shape index (κ2) is 14.2. The van der Waals surface area contributed by atoms with Crippen molar-refractivity contribution in [2.24, 2.45) is 0 Å². The Morgan fingerprint density at radius 2 is 0.938 bits per heavy atom. The van der Waals surface area contributed by atoms with Gasteiger partial charge in [-0.15, -0.1) is 0 Å². The summed E-state index contributed by atoms with van der Waals surface area (Å²) in [4.78, 5) is 0. The fraction of sp³-hybridized carbons (Fsp3) is 0.600. The van der Waals surface area contributed by atoms with Crippen LogP contribution in [-0.2, 0) is 12.8 Å². The highest BCUT2D eigenvalue weighted by Gasteiger charge is 2.17. The highest BCUT2D eigenvalue weighted by molar-refractivity contribution is 5.76. The summed E-state index contributed by atoms with van der Waals surface area (Å²) < 4.78 is 6.34. The largest absolute Gasteiger partial charge is 0.453 e. The number of fused-ring (bicyclic) bond motifs is 2. The van der Waals surface area contributed by atoms with Crippen LogP contribution in [0.2, 0.25) is 0 Å². The third-order valence-corrected chi connectivity index (χ3v) is 6.72. The first-order chi connectivity index (χ1) is 15.8. The maximum atomic E-state index is 6.34. The summed E-state index contributed by atoms with van der Waals surface area (Å²) in [5.41, 5.74) is 4.95. The van der Waals surface area contributed by atoms with E-state index < -0.39 is 0 Å². The lowest BCUT2D eigenvalue weighted by Gasteiger charge is -2.23. The minimum Gasteiger partial charge on any atom is -0.453 e. The van der Waals surface area contributed by atoms with E-state index in [0.29, 0.717) is 0 Å². The van der Waals surface area contributed by atoms with E-state index in [1.165, 1.54) is 101 Å². The highest BCUT2D eigenvalue weighted by Crippen LogP contribution is 2.42. The molecule has 0 saturated heterocycles. The van der Waals surface area contributed by atoms with Gasteiger partial charge in [-0.2, -0.15) is 0 Å². The number of hydrogen-bond acceptors (Lipinski definition) is 2. The lowest BCUT2D eigenvalue weighted by molar-refractivity contribution is 0.479. The van der Waals surface area contributed by atoms with E-state index in [2.05, 4.69) is 55.6 Å². The van der Waals surface area contributed by atoms with E-state index in [1.807, 2.05) is 0 Å². The summed E-state index contributed by atoms with van der Waals surface area (Å²) in [6.45, 7) is 4.56. The molecule has 176 valence electrons. The van der Waals surface area contributed by atoms with Crippen LogP contribution in [0.25, 0.3) is 0 Å². The zero-order valence-corrected chi connectivity index (χ0v) is 20.7. The molecule has 1 aliphatic heterocycles. The molecule has 0 radical (unpaired) electrons. The van der Waals surface area contributed by atoms with Crippen LogP contribution in [0.3, 0.4) is 0 Å². The van der Waals surface area contributed by atoms with Crippen molar-refractivity contribution in [3.05, 3.63) is 47.5 Å². The van der Waals surface area contributed by atoms with Crippen molar-refractivity contribution in [2.75, 3.05) is 5.32 Å². The van der Waals surface area contributed by atoms with Crippen molar-refractivity contribution in [1.29, 1.82) is 0 Å². The Balaban J connectivity index is 1.43. The molecular formula is C30H45NO. The molecule has 2 aromatic carbocycles. The summed E-state index contributed by atoms with van der Waals surface area (Å²) >= 11 is 0. The van der Waals surface area contributed by atoms with Crippen molar-refractivity contribution < 1.29 is 4.74 Å². The molecule has 2 heteroatoms. The van der Waals surface area contributed by atoms with Gasteiger partial charge < -0.3 is 10.1 Å². The van der Waals surface area contributed by atoms with E-state index >= 15 is 0 Å². The van der Waals surface area contributed by atoms with Crippen LogP contribution in [0.4, 0.5) is 11.4 Å². The van der Waals surface area contributed by atoms with E-state index in [4.69, 9.17) is 4.74 Å². The van der Waals surface area contributed by atoms with Gasteiger partial charge in [-0.3, -0.25) is 0 Å². The maximum Gasteiger partial charge on any atom is 0.151 e. The van der Waals surface area contributed by atoms with Gasteiger partial charge in [0.25, 0.3) is 0 Å². The third-order valence-electron chi connectivity index (χ3n) is 6.72. The third kappa shape index (κ3) is 8.19. The molecule has 1 heterocycles. The molecular weight excluding hydrogens is 390 g/mol. The summed E-state index contributed by atoms with van der Waals surface area (Å²) in [7, 11) is 0. The first kappa shape index (κ1) is 24.7. The van der Waals surface area contributed by atoms with Crippen LogP contribution in [0.5, 0.6) is 11.5 Å². The van der Waals surface area contributed by atoms with Gasteiger partial charge in [-0.05, 0) is 61.1 Å². The minimum absolute atomic E-state index is 0.977. The van der Waals surface area contributed by atoms with E-state index in [9.17, 15) is 0 Å². The number of nitrogens with one attached hydrogen (secondary N) is 1. The fourth-order valence-electron chi connectivity index (χ4n) is 4.66. The second-order valence-electron chi connectivity index (χ2n) is 9.63. The zero-order chi connectivity index (χ0) is 22.4. The lowest BCUT2D eigenvalue weighted by atomic mass is 10.0. The highest BCUT2D eigenvalue weighted by atomic mass is 16.5. The number of rotatable bonds is 16. The molecule has 0 saturated carbocycles. The summed E-state index contributed by atoms with van der Waals surface area (Å²) in [5.74, 6) is 1.96. The number of aryl methyl sites for hydroxylation is 2. The van der Waals surface area contributed by atoms with Crippen LogP contribution in [-0.4, -0.2) is 0 Å². The number of ether oxygens (including phenoxy) is 1. The van der Waals surface area contributed by atoms with Gasteiger partial charge >= 0.3 is 0 Å². The Bertz CT molecular complexity index is 797. The van der Waals surface area contributed by atoms with Crippen molar-refractivity contribution in [1.82, 2.24) is 0 Å². The van der Waals surface area contributed by atoms with E-state index in [1.54, 1.807) is 0 Å². The van der Waals surface area contributed by atoms with Crippen molar-refractivity contribution >= 4 is 11.4 Å². The van der Waals surface area contributed by atoms with Gasteiger partial charge in [0.2, 0.25) is 0 Å². The van der Waals surface area contributed by atoms with Crippen molar-refractivity contribution in [3.8, 4) is 11.5 Å². The topological polar surface area (TPSA) is 21.3 Å². The summed E-state index contributed by atoms with van der Waals surface area (Å²) in [6.07, 6.45) is 21.3. The van der Waals surface area contributed by atoms with Gasteiger partial charge in [0.15, 0.2) is 11.5 Å². The Morgan fingerprint density at radius 3 is 1.38 bits per heavy atom. The molecule has 0 atom stereocenters. The average Bonchev–Trinajstić information content (AvgIpc) is 2.81. The molecule has 2 nitrogen and oxygen atoms in total. The van der Waals surface area contributed by atoms with Crippen LogP contribution in [0, 0.1) is 0 Å². The van der Waals surface area contributed by atoms with Gasteiger partial charge in [0, 0.05) is 0 Å². The quantitative estimate of drug-likeness (QED) is 0.226. The van der Waals surface area contributed by atoms with Crippen LogP contribution < -0.4 is 10.1 Å². The average molecular weight is 436 g/mol. The Morgan fingerprint density at radius 1 is 0.531 bits per heavy atom. The normalized spacial score (nSPS) is 12.1. The molecule has 0 spiro atoms. The van der Waals surface area contributed by atoms with Gasteiger partial charge in [0.1, 0.15) is 0 Å². The second-order valence-corrected chi connectivity index (χ2v) is 9.63. The molecule has 0 unspecified atom stereocenters. The number of hydrogen-bond donors (Lipinski definition) is 1. The number of anilines is 2. The standard InChI is InChI=1S/C30H45NO/c1-3-5-7-9-11-12-14-16-18-26-20-22-28-30(24-26)32-29-23-25(19-21-27(29)31-28)17-15-13-10-8-6-4-2/h19-24,31H,3-18H2,1-2H3. The smallest absolute Gasteiger partial charge is 0.151 e. The Labute approximate surface area is 197 Å². The van der Waals surface area contributed by atoms with E-state index in [-0.39, 0.29) is 0 Å². The zero-order valence-electron chi connectivity index (χ0n) is 20.7. The molecule has 0 amide bonds. The Hall–Kier alpha value is -1.96. The molecule has 1 aliphatic rings. The SMILES string of the molecule is CCCCCCCCCCc1ccc2c(c1)Oc1cc(CCCCCCCC)ccc1N2. The summed E-state index contributed by atoms with van der Waals surface area (Å²) in [5, 5.41) is 3.56.